The van der Waals surface area contributed by atoms with Crippen molar-refractivity contribution in [3.05, 3.63) is 30.0 Å². The molecule has 3 rings (SSSR count). The van der Waals surface area contributed by atoms with Crippen LogP contribution in [0.3, 0.4) is 0 Å². The normalized spacial score (nSPS) is 15.5. The Bertz CT molecular complexity index is 1090. The molecule has 1 aromatic heterocycles. The molecule has 9 heteroatoms. The summed E-state index contributed by atoms with van der Waals surface area (Å²) in [4.78, 5) is 28.8. The lowest BCUT2D eigenvalue weighted by atomic mass is 9.85. The molecular formula is C31H48N4O5. The number of likely N-dealkylation sites (N-methyl/N-ethyl adjacent to an activating group) is 1. The summed E-state index contributed by atoms with van der Waals surface area (Å²) in [5.74, 6) is 1.64. The predicted molar refractivity (Wildman–Crippen MR) is 157 cm³/mol. The van der Waals surface area contributed by atoms with Crippen molar-refractivity contribution in [2.45, 2.75) is 77.8 Å². The van der Waals surface area contributed by atoms with E-state index in [1.807, 2.05) is 22.9 Å². The topological polar surface area (TPSA) is 94.9 Å². The Balaban J connectivity index is 1.94. The van der Waals surface area contributed by atoms with Crippen LogP contribution in [-0.4, -0.2) is 74.1 Å². The van der Waals surface area contributed by atoms with E-state index in [0.717, 1.165) is 17.7 Å². The van der Waals surface area contributed by atoms with E-state index in [1.165, 1.54) is 32.1 Å². The molecule has 0 spiro atoms. The number of ether oxygens (including phenoxy) is 3. The lowest BCUT2D eigenvalue weighted by Crippen LogP contribution is -2.48. The standard InChI is InChI=1S/C31H48N4O5/c1-21(2)22(3)35-26(29-27(39-6)14-11-15-28(29)40-7)20-25(33-35)30(36)32-24(31(37)34(4)18-19-38-5)17-16-23-12-9-8-10-13-23/h11,14-15,20-24H,8-10,12-13,16-19H2,1-7H3,(H,32,36)/t22?,24-/m0/s1. The zero-order valence-corrected chi connectivity index (χ0v) is 25.4. The second kappa shape index (κ2) is 15.1. The highest BCUT2D eigenvalue weighted by atomic mass is 16.5. The van der Waals surface area contributed by atoms with Gasteiger partial charge in [-0.15, -0.1) is 0 Å². The largest absolute Gasteiger partial charge is 0.496 e. The first-order chi connectivity index (χ1) is 19.2. The molecule has 40 heavy (non-hydrogen) atoms. The van der Waals surface area contributed by atoms with Crippen molar-refractivity contribution >= 4 is 11.8 Å². The smallest absolute Gasteiger partial charge is 0.272 e. The molecule has 2 amide bonds. The number of nitrogens with one attached hydrogen (secondary N) is 1. The molecule has 222 valence electrons. The van der Waals surface area contributed by atoms with Gasteiger partial charge in [-0.25, -0.2) is 0 Å². The van der Waals surface area contributed by atoms with E-state index in [2.05, 4.69) is 26.1 Å². The Morgan fingerprint density at radius 3 is 2.30 bits per heavy atom. The van der Waals surface area contributed by atoms with E-state index in [-0.39, 0.29) is 29.5 Å². The van der Waals surface area contributed by atoms with Crippen LogP contribution in [0.2, 0.25) is 0 Å². The van der Waals surface area contributed by atoms with E-state index in [1.54, 1.807) is 39.3 Å². The van der Waals surface area contributed by atoms with Gasteiger partial charge < -0.3 is 24.4 Å². The van der Waals surface area contributed by atoms with E-state index >= 15 is 0 Å². The molecule has 0 aliphatic heterocycles. The maximum absolute atomic E-state index is 13.7. The first-order valence-electron chi connectivity index (χ1n) is 14.6. The van der Waals surface area contributed by atoms with Gasteiger partial charge in [0.1, 0.15) is 17.5 Å². The number of rotatable bonds is 14. The van der Waals surface area contributed by atoms with Gasteiger partial charge in [-0.1, -0.05) is 52.0 Å². The number of benzene rings is 1. The molecule has 1 unspecified atom stereocenters. The van der Waals surface area contributed by atoms with E-state index in [4.69, 9.17) is 19.3 Å². The molecule has 0 saturated heterocycles. The monoisotopic (exact) mass is 556 g/mol. The number of carbonyl (C=O) groups excluding carboxylic acids is 2. The van der Waals surface area contributed by atoms with Crippen LogP contribution in [0.5, 0.6) is 11.5 Å². The van der Waals surface area contributed by atoms with Gasteiger partial charge in [0.25, 0.3) is 5.91 Å². The van der Waals surface area contributed by atoms with Crippen LogP contribution >= 0.6 is 0 Å². The zero-order valence-electron chi connectivity index (χ0n) is 25.4. The van der Waals surface area contributed by atoms with Gasteiger partial charge in [0, 0.05) is 20.7 Å². The third kappa shape index (κ3) is 7.77. The van der Waals surface area contributed by atoms with E-state index in [9.17, 15) is 9.59 Å². The summed E-state index contributed by atoms with van der Waals surface area (Å²) in [6.45, 7) is 7.21. The molecule has 1 aromatic carbocycles. The first-order valence-corrected chi connectivity index (χ1v) is 14.6. The Hall–Kier alpha value is -3.07. The third-order valence-electron chi connectivity index (χ3n) is 8.20. The van der Waals surface area contributed by atoms with Crippen molar-refractivity contribution in [1.82, 2.24) is 20.0 Å². The van der Waals surface area contributed by atoms with Gasteiger partial charge in [0.15, 0.2) is 5.69 Å². The molecule has 1 saturated carbocycles. The molecule has 1 aliphatic carbocycles. The summed E-state index contributed by atoms with van der Waals surface area (Å²) in [5.41, 5.74) is 1.71. The van der Waals surface area contributed by atoms with Gasteiger partial charge in [0.2, 0.25) is 5.91 Å². The molecular weight excluding hydrogens is 508 g/mol. The number of hydrogen-bond donors (Lipinski definition) is 1. The molecule has 1 aliphatic rings. The summed E-state index contributed by atoms with van der Waals surface area (Å²) < 4.78 is 18.4. The van der Waals surface area contributed by atoms with Gasteiger partial charge >= 0.3 is 0 Å². The van der Waals surface area contributed by atoms with Crippen LogP contribution in [0.25, 0.3) is 11.3 Å². The molecule has 2 aromatic rings. The minimum absolute atomic E-state index is 0.00456. The summed E-state index contributed by atoms with van der Waals surface area (Å²) in [7, 11) is 6.60. The summed E-state index contributed by atoms with van der Waals surface area (Å²) in [5, 5.41) is 7.80. The minimum atomic E-state index is -0.631. The molecule has 1 fully saturated rings. The average molecular weight is 557 g/mol. The Morgan fingerprint density at radius 1 is 1.07 bits per heavy atom. The molecule has 0 bridgehead atoms. The van der Waals surface area contributed by atoms with Gasteiger partial charge in [-0.3, -0.25) is 14.3 Å². The van der Waals surface area contributed by atoms with Crippen LogP contribution in [-0.2, 0) is 9.53 Å². The average Bonchev–Trinajstić information content (AvgIpc) is 3.42. The van der Waals surface area contributed by atoms with Crippen LogP contribution in [0, 0.1) is 11.8 Å². The number of methoxy groups -OCH3 is 3. The SMILES string of the molecule is COCCN(C)C(=O)[C@H](CCC1CCCCC1)NC(=O)c1cc(-c2c(OC)cccc2OC)n(C(C)C(C)C)n1. The van der Waals surface area contributed by atoms with E-state index < -0.39 is 6.04 Å². The maximum Gasteiger partial charge on any atom is 0.272 e. The molecule has 9 nitrogen and oxygen atoms in total. The highest BCUT2D eigenvalue weighted by molar-refractivity contribution is 5.97. The van der Waals surface area contributed by atoms with Gasteiger partial charge in [-0.05, 0) is 49.8 Å². The lowest BCUT2D eigenvalue weighted by molar-refractivity contribution is -0.132. The third-order valence-corrected chi connectivity index (χ3v) is 8.20. The van der Waals surface area contributed by atoms with Crippen LogP contribution < -0.4 is 14.8 Å². The minimum Gasteiger partial charge on any atom is -0.496 e. The number of nitrogens with zero attached hydrogens (tertiary/aromatic N) is 3. The predicted octanol–water partition coefficient (Wildman–Crippen LogP) is 5.35. The van der Waals surface area contributed by atoms with Gasteiger partial charge in [0.05, 0.1) is 38.1 Å². The number of hydrogen-bond acceptors (Lipinski definition) is 6. The number of amides is 2. The molecule has 1 N–H and O–H groups in total. The Morgan fingerprint density at radius 2 is 1.73 bits per heavy atom. The number of aromatic nitrogens is 2. The van der Waals surface area contributed by atoms with E-state index in [0.29, 0.717) is 37.0 Å². The Labute approximate surface area is 239 Å². The number of carbonyl (C=O) groups is 2. The highest BCUT2D eigenvalue weighted by Crippen LogP contribution is 2.40. The zero-order chi connectivity index (χ0) is 29.2. The lowest BCUT2D eigenvalue weighted by Gasteiger charge is -2.27. The van der Waals surface area contributed by atoms with Crippen LogP contribution in [0.15, 0.2) is 24.3 Å². The molecule has 2 atom stereocenters. The van der Waals surface area contributed by atoms with Crippen molar-refractivity contribution in [2.75, 3.05) is 41.5 Å². The maximum atomic E-state index is 13.7. The molecule has 1 heterocycles. The van der Waals surface area contributed by atoms with Crippen molar-refractivity contribution in [3.63, 3.8) is 0 Å². The van der Waals surface area contributed by atoms with Crippen LogP contribution in [0.1, 0.15) is 82.2 Å². The van der Waals surface area contributed by atoms with Crippen molar-refractivity contribution in [1.29, 1.82) is 0 Å². The fourth-order valence-corrected chi connectivity index (χ4v) is 5.36. The second-order valence-electron chi connectivity index (χ2n) is 11.2. The second-order valence-corrected chi connectivity index (χ2v) is 11.2. The fourth-order valence-electron chi connectivity index (χ4n) is 5.36. The van der Waals surface area contributed by atoms with Gasteiger partial charge in [-0.2, -0.15) is 5.10 Å². The molecule has 0 radical (unpaired) electrons. The van der Waals surface area contributed by atoms with Crippen molar-refractivity contribution in [2.24, 2.45) is 11.8 Å². The summed E-state index contributed by atoms with van der Waals surface area (Å²) >= 11 is 0. The van der Waals surface area contributed by atoms with Crippen molar-refractivity contribution in [3.8, 4) is 22.8 Å². The summed E-state index contributed by atoms with van der Waals surface area (Å²) in [6.07, 6.45) is 7.66. The first kappa shape index (κ1) is 31.5. The quantitative estimate of drug-likeness (QED) is 0.337. The highest BCUT2D eigenvalue weighted by Gasteiger charge is 2.29. The Kier molecular flexibility index (Phi) is 11.9. The summed E-state index contributed by atoms with van der Waals surface area (Å²) in [6, 6.07) is 6.73. The van der Waals surface area contributed by atoms with Crippen molar-refractivity contribution < 1.29 is 23.8 Å². The fraction of sp³-hybridized carbons (Fsp3) is 0.645. The van der Waals surface area contributed by atoms with Crippen LogP contribution in [0.4, 0.5) is 0 Å².